The first-order chi connectivity index (χ1) is 11.8. The average molecular weight is 327 g/mol. The summed E-state index contributed by atoms with van der Waals surface area (Å²) in [6, 6.07) is 11.3. The first kappa shape index (κ1) is 16.3. The number of carbonyl (C=O) groups is 1. The van der Waals surface area contributed by atoms with E-state index in [2.05, 4.69) is 10.3 Å². The van der Waals surface area contributed by atoms with Crippen molar-refractivity contribution in [3.05, 3.63) is 53.9 Å². The van der Waals surface area contributed by atoms with Crippen molar-refractivity contribution in [3.8, 4) is 5.75 Å². The van der Waals surface area contributed by atoms with E-state index in [0.717, 1.165) is 17.1 Å². The average Bonchev–Trinajstić information content (AvgIpc) is 2.67. The van der Waals surface area contributed by atoms with Crippen molar-refractivity contribution < 1.29 is 14.3 Å². The zero-order valence-electron chi connectivity index (χ0n) is 13.7. The Morgan fingerprint density at radius 1 is 1.29 bits per heavy atom. The Hall–Kier alpha value is -2.60. The Morgan fingerprint density at radius 3 is 2.83 bits per heavy atom. The van der Waals surface area contributed by atoms with Crippen LogP contribution in [-0.4, -0.2) is 49.2 Å². The van der Waals surface area contributed by atoms with E-state index in [0.29, 0.717) is 38.4 Å². The second-order valence-corrected chi connectivity index (χ2v) is 5.53. The van der Waals surface area contributed by atoms with Gasteiger partial charge in [-0.1, -0.05) is 6.07 Å². The van der Waals surface area contributed by atoms with Crippen LogP contribution in [-0.2, 0) is 11.3 Å². The molecule has 1 aliphatic heterocycles. The summed E-state index contributed by atoms with van der Waals surface area (Å²) in [5.41, 5.74) is 2.48. The van der Waals surface area contributed by atoms with E-state index < -0.39 is 0 Å². The summed E-state index contributed by atoms with van der Waals surface area (Å²) in [6.45, 7) is 3.08. The number of carbonyl (C=O) groups excluding carboxylic acids is 1. The lowest BCUT2D eigenvalue weighted by molar-refractivity contribution is 0.0303. The molecule has 1 N–H and O–H groups in total. The third kappa shape index (κ3) is 4.02. The highest BCUT2D eigenvalue weighted by Gasteiger charge is 2.18. The molecule has 126 valence electrons. The lowest BCUT2D eigenvalue weighted by Crippen LogP contribution is -2.40. The molecule has 0 bridgehead atoms. The van der Waals surface area contributed by atoms with Crippen molar-refractivity contribution in [1.82, 2.24) is 9.88 Å². The summed E-state index contributed by atoms with van der Waals surface area (Å²) in [6.07, 6.45) is 1.69. The van der Waals surface area contributed by atoms with Crippen molar-refractivity contribution in [1.29, 1.82) is 0 Å². The molecule has 0 atom stereocenters. The van der Waals surface area contributed by atoms with Crippen LogP contribution in [0.15, 0.2) is 42.6 Å². The van der Waals surface area contributed by atoms with Gasteiger partial charge >= 0.3 is 0 Å². The third-order valence-corrected chi connectivity index (χ3v) is 3.91. The molecule has 0 saturated carbocycles. The predicted octanol–water partition coefficient (Wildman–Crippen LogP) is 2.17. The normalized spacial score (nSPS) is 14.3. The zero-order chi connectivity index (χ0) is 16.8. The highest BCUT2D eigenvalue weighted by Crippen LogP contribution is 2.15. The number of anilines is 1. The van der Waals surface area contributed by atoms with Crippen LogP contribution in [0.5, 0.6) is 5.75 Å². The maximum Gasteiger partial charge on any atom is 0.254 e. The number of nitrogens with zero attached hydrogens (tertiary/aromatic N) is 2. The van der Waals surface area contributed by atoms with Gasteiger partial charge in [-0.05, 0) is 30.3 Å². The van der Waals surface area contributed by atoms with Gasteiger partial charge in [-0.3, -0.25) is 9.78 Å². The molecule has 24 heavy (non-hydrogen) atoms. The number of rotatable bonds is 5. The molecule has 1 amide bonds. The molecule has 0 radical (unpaired) electrons. The number of amides is 1. The number of pyridine rings is 1. The SMILES string of the molecule is COc1ccc(CNc2cccc(C(=O)N3CCOCC3)c2)nc1. The Kier molecular flexibility index (Phi) is 5.28. The van der Waals surface area contributed by atoms with Crippen molar-refractivity contribution in [2.45, 2.75) is 6.54 Å². The molecular formula is C18H21N3O3. The van der Waals surface area contributed by atoms with Crippen LogP contribution in [0.25, 0.3) is 0 Å². The summed E-state index contributed by atoms with van der Waals surface area (Å²) in [4.78, 5) is 18.7. The Labute approximate surface area is 141 Å². The van der Waals surface area contributed by atoms with Crippen LogP contribution in [0.3, 0.4) is 0 Å². The van der Waals surface area contributed by atoms with Gasteiger partial charge in [0.25, 0.3) is 5.91 Å². The minimum Gasteiger partial charge on any atom is -0.495 e. The number of hydrogen-bond acceptors (Lipinski definition) is 5. The summed E-state index contributed by atoms with van der Waals surface area (Å²) >= 11 is 0. The molecular weight excluding hydrogens is 306 g/mol. The first-order valence-electron chi connectivity index (χ1n) is 7.96. The van der Waals surface area contributed by atoms with E-state index in [9.17, 15) is 4.79 Å². The zero-order valence-corrected chi connectivity index (χ0v) is 13.7. The van der Waals surface area contributed by atoms with Gasteiger partial charge < -0.3 is 19.7 Å². The second-order valence-electron chi connectivity index (χ2n) is 5.53. The van der Waals surface area contributed by atoms with Gasteiger partial charge in [0.15, 0.2) is 0 Å². The van der Waals surface area contributed by atoms with Gasteiger partial charge in [0, 0.05) is 24.3 Å². The number of aromatic nitrogens is 1. The van der Waals surface area contributed by atoms with Crippen LogP contribution in [0.4, 0.5) is 5.69 Å². The van der Waals surface area contributed by atoms with Gasteiger partial charge in [-0.2, -0.15) is 0 Å². The minimum atomic E-state index is 0.0459. The molecule has 0 aliphatic carbocycles. The lowest BCUT2D eigenvalue weighted by atomic mass is 10.1. The number of ether oxygens (including phenoxy) is 2. The van der Waals surface area contributed by atoms with E-state index in [-0.39, 0.29) is 5.91 Å². The largest absolute Gasteiger partial charge is 0.495 e. The molecule has 2 aromatic rings. The van der Waals surface area contributed by atoms with E-state index >= 15 is 0 Å². The molecule has 1 aliphatic rings. The number of benzene rings is 1. The molecule has 6 heteroatoms. The minimum absolute atomic E-state index is 0.0459. The fraction of sp³-hybridized carbons (Fsp3) is 0.333. The van der Waals surface area contributed by atoms with E-state index in [4.69, 9.17) is 9.47 Å². The number of nitrogens with one attached hydrogen (secondary N) is 1. The molecule has 6 nitrogen and oxygen atoms in total. The summed E-state index contributed by atoms with van der Waals surface area (Å²) < 4.78 is 10.4. The number of hydrogen-bond donors (Lipinski definition) is 1. The molecule has 1 fully saturated rings. The van der Waals surface area contributed by atoms with Crippen molar-refractivity contribution in [2.24, 2.45) is 0 Å². The highest BCUT2D eigenvalue weighted by molar-refractivity contribution is 5.95. The quantitative estimate of drug-likeness (QED) is 0.912. The van der Waals surface area contributed by atoms with Gasteiger partial charge in [0.2, 0.25) is 0 Å². The van der Waals surface area contributed by atoms with Crippen LogP contribution in [0, 0.1) is 0 Å². The monoisotopic (exact) mass is 327 g/mol. The molecule has 1 aromatic heterocycles. The Balaban J connectivity index is 1.62. The van der Waals surface area contributed by atoms with E-state index in [1.165, 1.54) is 0 Å². The van der Waals surface area contributed by atoms with Gasteiger partial charge in [0.05, 0.1) is 38.8 Å². The molecule has 2 heterocycles. The van der Waals surface area contributed by atoms with Crippen molar-refractivity contribution in [3.63, 3.8) is 0 Å². The van der Waals surface area contributed by atoms with Crippen LogP contribution in [0.2, 0.25) is 0 Å². The van der Waals surface area contributed by atoms with E-state index in [1.54, 1.807) is 13.3 Å². The summed E-state index contributed by atoms with van der Waals surface area (Å²) in [7, 11) is 1.62. The van der Waals surface area contributed by atoms with Crippen LogP contribution < -0.4 is 10.1 Å². The number of morpholine rings is 1. The molecule has 1 saturated heterocycles. The summed E-state index contributed by atoms with van der Waals surface area (Å²) in [5.74, 6) is 0.779. The lowest BCUT2D eigenvalue weighted by Gasteiger charge is -2.27. The Morgan fingerprint density at radius 2 is 2.12 bits per heavy atom. The molecule has 1 aromatic carbocycles. The molecule has 0 unspecified atom stereocenters. The maximum atomic E-state index is 12.5. The van der Waals surface area contributed by atoms with Crippen molar-refractivity contribution in [2.75, 3.05) is 38.7 Å². The second kappa shape index (κ2) is 7.79. The smallest absolute Gasteiger partial charge is 0.254 e. The van der Waals surface area contributed by atoms with Gasteiger partial charge in [-0.25, -0.2) is 0 Å². The number of methoxy groups -OCH3 is 1. The molecule has 0 spiro atoms. The predicted molar refractivity (Wildman–Crippen MR) is 91.3 cm³/mol. The highest BCUT2D eigenvalue weighted by atomic mass is 16.5. The summed E-state index contributed by atoms with van der Waals surface area (Å²) in [5, 5.41) is 3.30. The standard InChI is InChI=1S/C18H21N3O3/c1-23-17-6-5-16(20-13-17)12-19-15-4-2-3-14(11-15)18(22)21-7-9-24-10-8-21/h2-6,11,13,19H,7-10,12H2,1H3. The van der Waals surface area contributed by atoms with E-state index in [1.807, 2.05) is 41.3 Å². The maximum absolute atomic E-state index is 12.5. The van der Waals surface area contributed by atoms with Crippen LogP contribution in [0.1, 0.15) is 16.1 Å². The van der Waals surface area contributed by atoms with Crippen LogP contribution >= 0.6 is 0 Å². The fourth-order valence-electron chi connectivity index (χ4n) is 2.54. The van der Waals surface area contributed by atoms with Gasteiger partial charge in [0.1, 0.15) is 5.75 Å². The Bertz CT molecular complexity index is 682. The van der Waals surface area contributed by atoms with Gasteiger partial charge in [-0.15, -0.1) is 0 Å². The fourth-order valence-corrected chi connectivity index (χ4v) is 2.54. The first-order valence-corrected chi connectivity index (χ1v) is 7.96. The molecule has 3 rings (SSSR count). The third-order valence-electron chi connectivity index (χ3n) is 3.91. The topological polar surface area (TPSA) is 63.7 Å². The van der Waals surface area contributed by atoms with Crippen molar-refractivity contribution >= 4 is 11.6 Å².